The van der Waals surface area contributed by atoms with Crippen LogP contribution in [0.15, 0.2) is 36.5 Å². The van der Waals surface area contributed by atoms with Gasteiger partial charge in [0.15, 0.2) is 0 Å². The summed E-state index contributed by atoms with van der Waals surface area (Å²) in [6.07, 6.45) is 2.33. The van der Waals surface area contributed by atoms with E-state index in [2.05, 4.69) is 4.98 Å². The number of pyridine rings is 1. The van der Waals surface area contributed by atoms with Crippen LogP contribution in [0.1, 0.15) is 19.4 Å². The molecule has 1 atom stereocenters. The first kappa shape index (κ1) is 12.6. The van der Waals surface area contributed by atoms with Crippen molar-refractivity contribution in [2.24, 2.45) is 11.8 Å². The third kappa shape index (κ3) is 2.67. The standard InChI is InChI=1S/C15H17NO2/c1-10(2)13(15(17)18)9-11-5-6-14-12(8-11)4-3-7-16-14/h3-8,10,13H,9H2,1-2H3,(H,17,18). The van der Waals surface area contributed by atoms with Gasteiger partial charge in [0.2, 0.25) is 0 Å². The first-order valence-electron chi connectivity index (χ1n) is 6.14. The molecule has 3 heteroatoms. The number of carboxylic acid groups (broad SMARTS) is 1. The number of carbonyl (C=O) groups is 1. The van der Waals surface area contributed by atoms with Crippen LogP contribution in [0.4, 0.5) is 0 Å². The Morgan fingerprint density at radius 1 is 1.33 bits per heavy atom. The average molecular weight is 243 g/mol. The van der Waals surface area contributed by atoms with Crippen molar-refractivity contribution in [3.63, 3.8) is 0 Å². The Bertz CT molecular complexity index is 563. The van der Waals surface area contributed by atoms with Crippen molar-refractivity contribution in [1.82, 2.24) is 4.98 Å². The van der Waals surface area contributed by atoms with Gasteiger partial charge in [-0.05, 0) is 36.1 Å². The highest BCUT2D eigenvalue weighted by Crippen LogP contribution is 2.20. The van der Waals surface area contributed by atoms with Gasteiger partial charge in [-0.25, -0.2) is 0 Å². The lowest BCUT2D eigenvalue weighted by Crippen LogP contribution is -2.22. The van der Waals surface area contributed by atoms with Crippen LogP contribution in [0.3, 0.4) is 0 Å². The molecule has 0 radical (unpaired) electrons. The van der Waals surface area contributed by atoms with Crippen molar-refractivity contribution < 1.29 is 9.90 Å². The first-order valence-corrected chi connectivity index (χ1v) is 6.14. The number of benzene rings is 1. The zero-order valence-corrected chi connectivity index (χ0v) is 10.6. The fraction of sp³-hybridized carbons (Fsp3) is 0.333. The number of fused-ring (bicyclic) bond motifs is 1. The largest absolute Gasteiger partial charge is 0.481 e. The quantitative estimate of drug-likeness (QED) is 0.897. The van der Waals surface area contributed by atoms with E-state index in [-0.39, 0.29) is 11.8 Å². The normalized spacial score (nSPS) is 12.8. The summed E-state index contributed by atoms with van der Waals surface area (Å²) < 4.78 is 0. The highest BCUT2D eigenvalue weighted by atomic mass is 16.4. The summed E-state index contributed by atoms with van der Waals surface area (Å²) in [6.45, 7) is 3.89. The van der Waals surface area contributed by atoms with E-state index < -0.39 is 5.97 Å². The molecule has 2 aromatic rings. The van der Waals surface area contributed by atoms with E-state index in [1.54, 1.807) is 6.20 Å². The zero-order chi connectivity index (χ0) is 13.1. The van der Waals surface area contributed by atoms with Gasteiger partial charge in [0, 0.05) is 11.6 Å². The second-order valence-corrected chi connectivity index (χ2v) is 4.92. The molecule has 0 saturated heterocycles. The van der Waals surface area contributed by atoms with E-state index in [4.69, 9.17) is 0 Å². The number of nitrogens with zero attached hydrogens (tertiary/aromatic N) is 1. The van der Waals surface area contributed by atoms with Gasteiger partial charge in [-0.15, -0.1) is 0 Å². The highest BCUT2D eigenvalue weighted by molar-refractivity contribution is 5.79. The van der Waals surface area contributed by atoms with Crippen molar-refractivity contribution in [3.05, 3.63) is 42.1 Å². The molecule has 1 N–H and O–H groups in total. The number of hydrogen-bond donors (Lipinski definition) is 1. The van der Waals surface area contributed by atoms with Crippen molar-refractivity contribution in [1.29, 1.82) is 0 Å². The van der Waals surface area contributed by atoms with Gasteiger partial charge >= 0.3 is 5.97 Å². The third-order valence-electron chi connectivity index (χ3n) is 3.24. The maximum Gasteiger partial charge on any atom is 0.307 e. The van der Waals surface area contributed by atoms with Crippen LogP contribution in [0.5, 0.6) is 0 Å². The van der Waals surface area contributed by atoms with Gasteiger partial charge in [-0.1, -0.05) is 26.0 Å². The fourth-order valence-electron chi connectivity index (χ4n) is 2.11. The molecule has 1 aromatic carbocycles. The van der Waals surface area contributed by atoms with Gasteiger partial charge in [0.25, 0.3) is 0 Å². The smallest absolute Gasteiger partial charge is 0.307 e. The molecule has 1 aromatic heterocycles. The predicted octanol–water partition coefficient (Wildman–Crippen LogP) is 3.13. The number of aliphatic carboxylic acids is 1. The van der Waals surface area contributed by atoms with Crippen molar-refractivity contribution in [3.8, 4) is 0 Å². The van der Waals surface area contributed by atoms with Crippen LogP contribution in [0, 0.1) is 11.8 Å². The van der Waals surface area contributed by atoms with Gasteiger partial charge in [-0.3, -0.25) is 9.78 Å². The molecule has 0 aliphatic carbocycles. The Balaban J connectivity index is 2.28. The second-order valence-electron chi connectivity index (χ2n) is 4.92. The summed E-state index contributed by atoms with van der Waals surface area (Å²) in [6, 6.07) is 9.83. The van der Waals surface area contributed by atoms with Crippen LogP contribution in [0.25, 0.3) is 10.9 Å². The van der Waals surface area contributed by atoms with Crippen molar-refractivity contribution in [2.75, 3.05) is 0 Å². The first-order chi connectivity index (χ1) is 8.58. The fourth-order valence-corrected chi connectivity index (χ4v) is 2.11. The molecule has 2 rings (SSSR count). The molecule has 0 amide bonds. The Hall–Kier alpha value is -1.90. The van der Waals surface area contributed by atoms with E-state index >= 15 is 0 Å². The molecule has 18 heavy (non-hydrogen) atoms. The van der Waals surface area contributed by atoms with E-state index in [1.165, 1.54) is 0 Å². The Morgan fingerprint density at radius 3 is 2.78 bits per heavy atom. The maximum atomic E-state index is 11.2. The molecule has 1 heterocycles. The second kappa shape index (κ2) is 5.17. The zero-order valence-electron chi connectivity index (χ0n) is 10.6. The lowest BCUT2D eigenvalue weighted by molar-refractivity contribution is -0.143. The molecule has 0 fully saturated rings. The predicted molar refractivity (Wildman–Crippen MR) is 71.4 cm³/mol. The molecule has 0 spiro atoms. The summed E-state index contributed by atoms with van der Waals surface area (Å²) >= 11 is 0. The molecular formula is C15H17NO2. The maximum absolute atomic E-state index is 11.2. The van der Waals surface area contributed by atoms with E-state index in [9.17, 15) is 9.90 Å². The minimum atomic E-state index is -0.726. The van der Waals surface area contributed by atoms with Crippen LogP contribution in [-0.4, -0.2) is 16.1 Å². The van der Waals surface area contributed by atoms with Crippen molar-refractivity contribution in [2.45, 2.75) is 20.3 Å². The number of aromatic nitrogens is 1. The highest BCUT2D eigenvalue weighted by Gasteiger charge is 2.21. The summed E-state index contributed by atoms with van der Waals surface area (Å²) in [5, 5.41) is 10.3. The Morgan fingerprint density at radius 2 is 2.11 bits per heavy atom. The minimum Gasteiger partial charge on any atom is -0.481 e. The molecule has 94 valence electrons. The van der Waals surface area contributed by atoms with E-state index in [0.717, 1.165) is 16.5 Å². The Labute approximate surface area is 106 Å². The summed E-state index contributed by atoms with van der Waals surface area (Å²) in [5.41, 5.74) is 1.99. The van der Waals surface area contributed by atoms with Gasteiger partial charge in [-0.2, -0.15) is 0 Å². The van der Waals surface area contributed by atoms with Gasteiger partial charge in [0.1, 0.15) is 0 Å². The third-order valence-corrected chi connectivity index (χ3v) is 3.24. The number of hydrogen-bond acceptors (Lipinski definition) is 2. The molecule has 0 aliphatic rings. The SMILES string of the molecule is CC(C)C(Cc1ccc2ncccc2c1)C(=O)O. The molecular weight excluding hydrogens is 226 g/mol. The molecule has 0 saturated carbocycles. The molecule has 1 unspecified atom stereocenters. The number of rotatable bonds is 4. The van der Waals surface area contributed by atoms with Crippen LogP contribution in [0.2, 0.25) is 0 Å². The summed E-state index contributed by atoms with van der Waals surface area (Å²) in [5.74, 6) is -0.928. The average Bonchev–Trinajstić information content (AvgIpc) is 2.35. The van der Waals surface area contributed by atoms with Crippen LogP contribution < -0.4 is 0 Å². The Kier molecular flexibility index (Phi) is 3.60. The molecule has 3 nitrogen and oxygen atoms in total. The lowest BCUT2D eigenvalue weighted by atomic mass is 9.89. The van der Waals surface area contributed by atoms with Gasteiger partial charge in [0.05, 0.1) is 11.4 Å². The molecule has 0 bridgehead atoms. The van der Waals surface area contributed by atoms with Crippen molar-refractivity contribution >= 4 is 16.9 Å². The minimum absolute atomic E-state index is 0.132. The lowest BCUT2D eigenvalue weighted by Gasteiger charge is -2.16. The monoisotopic (exact) mass is 243 g/mol. The summed E-state index contributed by atoms with van der Waals surface area (Å²) in [7, 11) is 0. The van der Waals surface area contributed by atoms with Crippen LogP contribution in [-0.2, 0) is 11.2 Å². The van der Waals surface area contributed by atoms with E-state index in [0.29, 0.717) is 6.42 Å². The van der Waals surface area contributed by atoms with Crippen LogP contribution >= 0.6 is 0 Å². The van der Waals surface area contributed by atoms with Gasteiger partial charge < -0.3 is 5.11 Å². The molecule has 0 aliphatic heterocycles. The van der Waals surface area contributed by atoms with E-state index in [1.807, 2.05) is 44.2 Å². The topological polar surface area (TPSA) is 50.2 Å². The summed E-state index contributed by atoms with van der Waals surface area (Å²) in [4.78, 5) is 15.5. The number of carboxylic acids is 1.